The van der Waals surface area contributed by atoms with Crippen LogP contribution in [0, 0.1) is 12.8 Å². The van der Waals surface area contributed by atoms with Gasteiger partial charge in [-0.05, 0) is 80.9 Å². The van der Waals surface area contributed by atoms with Crippen molar-refractivity contribution < 1.29 is 9.21 Å². The number of hydrogen-bond acceptors (Lipinski definition) is 4. The Morgan fingerprint density at radius 1 is 1.07 bits per heavy atom. The number of likely N-dealkylation sites (tertiary alicyclic amines) is 2. The number of piperidine rings is 1. The summed E-state index contributed by atoms with van der Waals surface area (Å²) in [4.78, 5) is 17.3. The third kappa shape index (κ3) is 5.32. The highest BCUT2D eigenvalue weighted by molar-refractivity contribution is 5.91. The number of furan rings is 1. The quantitative estimate of drug-likeness (QED) is 0.750. The fraction of sp³-hybridized carbons (Fsp3) is 0.560. The zero-order chi connectivity index (χ0) is 20.9. The molecule has 0 bridgehead atoms. The summed E-state index contributed by atoms with van der Waals surface area (Å²) in [5.41, 5.74) is 2.85. The summed E-state index contributed by atoms with van der Waals surface area (Å²) in [6.45, 7) is 11.2. The molecular formula is C25H35N3O2. The van der Waals surface area contributed by atoms with Crippen LogP contribution in [-0.4, -0.2) is 55.0 Å². The number of rotatable bonds is 7. The van der Waals surface area contributed by atoms with Crippen LogP contribution in [0.15, 0.2) is 40.8 Å². The first-order chi connectivity index (χ1) is 14.6. The van der Waals surface area contributed by atoms with Gasteiger partial charge in [-0.25, -0.2) is 0 Å². The van der Waals surface area contributed by atoms with Crippen molar-refractivity contribution in [3.8, 4) is 0 Å². The van der Waals surface area contributed by atoms with Gasteiger partial charge in [-0.1, -0.05) is 31.2 Å². The van der Waals surface area contributed by atoms with E-state index in [4.69, 9.17) is 4.42 Å². The van der Waals surface area contributed by atoms with E-state index in [2.05, 4.69) is 53.2 Å². The molecule has 2 aromatic rings. The lowest BCUT2D eigenvalue weighted by molar-refractivity contribution is 0.0916. The van der Waals surface area contributed by atoms with Gasteiger partial charge >= 0.3 is 0 Å². The van der Waals surface area contributed by atoms with Crippen molar-refractivity contribution in [3.05, 3.63) is 59.0 Å². The van der Waals surface area contributed by atoms with Crippen LogP contribution in [0.25, 0.3) is 0 Å². The Morgan fingerprint density at radius 3 is 2.63 bits per heavy atom. The molecule has 1 N–H and O–H groups in total. The normalized spacial score (nSPS) is 21.2. The van der Waals surface area contributed by atoms with Crippen LogP contribution in [0.2, 0.25) is 0 Å². The maximum absolute atomic E-state index is 12.5. The second-order valence-corrected chi connectivity index (χ2v) is 9.12. The summed E-state index contributed by atoms with van der Waals surface area (Å²) in [5, 5.41) is 3.03. The van der Waals surface area contributed by atoms with E-state index in [9.17, 15) is 4.79 Å². The van der Waals surface area contributed by atoms with Crippen LogP contribution in [-0.2, 0) is 6.54 Å². The fourth-order valence-electron chi connectivity index (χ4n) is 4.77. The molecule has 0 radical (unpaired) electrons. The van der Waals surface area contributed by atoms with Crippen molar-refractivity contribution in [2.75, 3.05) is 39.3 Å². The van der Waals surface area contributed by atoms with Gasteiger partial charge in [-0.15, -0.1) is 0 Å². The molecule has 1 aromatic heterocycles. The smallest absolute Gasteiger partial charge is 0.287 e. The molecule has 162 valence electrons. The first kappa shape index (κ1) is 21.1. The fourth-order valence-corrected chi connectivity index (χ4v) is 4.77. The SMILES string of the molecule is Cc1ccccc1[C@@H]1CCN(CCNC(=O)c2ccc(CN3CCC(C)CC3)o2)C1. The highest BCUT2D eigenvalue weighted by Crippen LogP contribution is 2.29. The summed E-state index contributed by atoms with van der Waals surface area (Å²) in [6.07, 6.45) is 3.68. The lowest BCUT2D eigenvalue weighted by Crippen LogP contribution is -2.33. The van der Waals surface area contributed by atoms with Crippen molar-refractivity contribution >= 4 is 5.91 Å². The predicted octanol–water partition coefficient (Wildman–Crippen LogP) is 4.04. The van der Waals surface area contributed by atoms with E-state index in [-0.39, 0.29) is 5.91 Å². The second kappa shape index (κ2) is 9.80. The standard InChI is InChI=1S/C25H35N3O2/c1-19-9-13-27(14-10-19)18-22-7-8-24(30-22)25(29)26-12-16-28-15-11-21(17-28)23-6-4-3-5-20(23)2/h3-8,19,21H,9-18H2,1-2H3,(H,26,29)/t21-/m1/s1. The number of aryl methyl sites for hydroxylation is 1. The van der Waals surface area contributed by atoms with Gasteiger partial charge in [-0.3, -0.25) is 9.69 Å². The topological polar surface area (TPSA) is 48.7 Å². The molecule has 2 aliphatic heterocycles. The van der Waals surface area contributed by atoms with E-state index in [1.807, 2.05) is 6.07 Å². The van der Waals surface area contributed by atoms with E-state index >= 15 is 0 Å². The highest BCUT2D eigenvalue weighted by Gasteiger charge is 2.24. The zero-order valence-corrected chi connectivity index (χ0v) is 18.4. The molecule has 0 aliphatic carbocycles. The van der Waals surface area contributed by atoms with Crippen LogP contribution < -0.4 is 5.32 Å². The van der Waals surface area contributed by atoms with E-state index in [1.54, 1.807) is 6.07 Å². The lowest BCUT2D eigenvalue weighted by atomic mass is 9.94. The van der Waals surface area contributed by atoms with Crippen molar-refractivity contribution in [2.24, 2.45) is 5.92 Å². The highest BCUT2D eigenvalue weighted by atomic mass is 16.4. The molecule has 1 atom stereocenters. The number of carbonyl (C=O) groups is 1. The minimum absolute atomic E-state index is 0.108. The van der Waals surface area contributed by atoms with Crippen LogP contribution in [0.5, 0.6) is 0 Å². The van der Waals surface area contributed by atoms with Crippen LogP contribution >= 0.6 is 0 Å². The first-order valence-corrected chi connectivity index (χ1v) is 11.5. The Hall–Kier alpha value is -2.11. The maximum Gasteiger partial charge on any atom is 0.287 e. The first-order valence-electron chi connectivity index (χ1n) is 11.5. The Labute approximate surface area is 180 Å². The summed E-state index contributed by atoms with van der Waals surface area (Å²) in [5.74, 6) is 2.63. The van der Waals surface area contributed by atoms with Crippen molar-refractivity contribution in [2.45, 2.75) is 45.6 Å². The third-order valence-electron chi connectivity index (χ3n) is 6.76. The molecule has 0 unspecified atom stereocenters. The molecule has 2 saturated heterocycles. The Kier molecular flexibility index (Phi) is 6.90. The molecule has 1 amide bonds. The number of carbonyl (C=O) groups excluding carboxylic acids is 1. The van der Waals surface area contributed by atoms with E-state index in [0.717, 1.165) is 50.9 Å². The molecule has 2 aliphatic rings. The molecule has 3 heterocycles. The monoisotopic (exact) mass is 409 g/mol. The molecule has 0 saturated carbocycles. The number of benzene rings is 1. The minimum Gasteiger partial charge on any atom is -0.455 e. The van der Waals surface area contributed by atoms with Crippen molar-refractivity contribution in [1.82, 2.24) is 15.1 Å². The van der Waals surface area contributed by atoms with Crippen molar-refractivity contribution in [1.29, 1.82) is 0 Å². The van der Waals surface area contributed by atoms with Crippen LogP contribution in [0.4, 0.5) is 0 Å². The van der Waals surface area contributed by atoms with Gasteiger partial charge in [0, 0.05) is 19.6 Å². The molecule has 0 spiro atoms. The van der Waals surface area contributed by atoms with E-state index in [1.165, 1.54) is 30.4 Å². The summed E-state index contributed by atoms with van der Waals surface area (Å²) in [6, 6.07) is 12.4. The van der Waals surface area contributed by atoms with Crippen LogP contribution in [0.1, 0.15) is 59.5 Å². The second-order valence-electron chi connectivity index (χ2n) is 9.12. The molecule has 5 heteroatoms. The molecule has 2 fully saturated rings. The molecule has 5 nitrogen and oxygen atoms in total. The number of hydrogen-bond donors (Lipinski definition) is 1. The summed E-state index contributed by atoms with van der Waals surface area (Å²) < 4.78 is 5.82. The van der Waals surface area contributed by atoms with E-state index in [0.29, 0.717) is 18.2 Å². The summed E-state index contributed by atoms with van der Waals surface area (Å²) >= 11 is 0. The van der Waals surface area contributed by atoms with Gasteiger partial charge in [0.15, 0.2) is 5.76 Å². The average molecular weight is 410 g/mol. The van der Waals surface area contributed by atoms with Crippen LogP contribution in [0.3, 0.4) is 0 Å². The lowest BCUT2D eigenvalue weighted by Gasteiger charge is -2.29. The maximum atomic E-state index is 12.5. The number of nitrogens with one attached hydrogen (secondary N) is 1. The Morgan fingerprint density at radius 2 is 1.83 bits per heavy atom. The van der Waals surface area contributed by atoms with E-state index < -0.39 is 0 Å². The molecule has 1 aromatic carbocycles. The van der Waals surface area contributed by atoms with Gasteiger partial charge in [0.05, 0.1) is 6.54 Å². The summed E-state index contributed by atoms with van der Waals surface area (Å²) in [7, 11) is 0. The predicted molar refractivity (Wildman–Crippen MR) is 120 cm³/mol. The zero-order valence-electron chi connectivity index (χ0n) is 18.4. The minimum atomic E-state index is -0.108. The molecular weight excluding hydrogens is 374 g/mol. The molecule has 30 heavy (non-hydrogen) atoms. The Balaban J connectivity index is 1.19. The number of nitrogens with zero attached hydrogens (tertiary/aromatic N) is 2. The van der Waals surface area contributed by atoms with Gasteiger partial charge < -0.3 is 14.6 Å². The van der Waals surface area contributed by atoms with Gasteiger partial charge in [0.2, 0.25) is 0 Å². The van der Waals surface area contributed by atoms with Gasteiger partial charge in [-0.2, -0.15) is 0 Å². The average Bonchev–Trinajstić information content (AvgIpc) is 3.40. The van der Waals surface area contributed by atoms with Gasteiger partial charge in [0.1, 0.15) is 5.76 Å². The van der Waals surface area contributed by atoms with Crippen molar-refractivity contribution in [3.63, 3.8) is 0 Å². The number of amides is 1. The Bertz CT molecular complexity index is 838. The third-order valence-corrected chi connectivity index (χ3v) is 6.76. The largest absolute Gasteiger partial charge is 0.455 e. The molecule has 4 rings (SSSR count). The van der Waals surface area contributed by atoms with Gasteiger partial charge in [0.25, 0.3) is 5.91 Å².